The molecule has 3 heterocycles. The molecule has 0 spiro atoms. The van der Waals surface area contributed by atoms with Crippen LogP contribution in [0.1, 0.15) is 29.8 Å². The first-order valence-electron chi connectivity index (χ1n) is 7.77. The van der Waals surface area contributed by atoms with Gasteiger partial charge in [-0.05, 0) is 26.0 Å². The molecule has 0 aromatic carbocycles. The topological polar surface area (TPSA) is 68.8 Å². The number of pyridine rings is 1. The number of rotatable bonds is 5. The molecule has 0 unspecified atom stereocenters. The van der Waals surface area contributed by atoms with Crippen molar-refractivity contribution in [2.45, 2.75) is 26.4 Å². The van der Waals surface area contributed by atoms with Gasteiger partial charge in [-0.1, -0.05) is 0 Å². The molecule has 0 aliphatic carbocycles. The normalized spacial score (nSPS) is 11.0. The van der Waals surface area contributed by atoms with Crippen LogP contribution >= 0.6 is 0 Å². The van der Waals surface area contributed by atoms with Crippen molar-refractivity contribution >= 4 is 5.91 Å². The van der Waals surface area contributed by atoms with E-state index in [0.29, 0.717) is 17.9 Å². The average molecular weight is 324 g/mol. The Labute approximate surface area is 140 Å². The Morgan fingerprint density at radius 3 is 2.79 bits per heavy atom. The average Bonchev–Trinajstić information content (AvgIpc) is 3.23. The van der Waals surface area contributed by atoms with E-state index in [1.54, 1.807) is 52.5 Å². The van der Waals surface area contributed by atoms with Gasteiger partial charge in [-0.3, -0.25) is 14.0 Å². The summed E-state index contributed by atoms with van der Waals surface area (Å²) in [6.07, 6.45) is 10.5. The molecule has 124 valence electrons. The van der Waals surface area contributed by atoms with E-state index in [1.165, 1.54) is 0 Å². The summed E-state index contributed by atoms with van der Waals surface area (Å²) in [6, 6.07) is 3.59. The minimum atomic E-state index is -0.0300. The molecule has 0 radical (unpaired) electrons. The van der Waals surface area contributed by atoms with Gasteiger partial charge in [0.15, 0.2) is 0 Å². The maximum atomic E-state index is 13.0. The molecule has 0 N–H and O–H groups in total. The van der Waals surface area contributed by atoms with Crippen molar-refractivity contribution in [1.82, 2.24) is 29.2 Å². The van der Waals surface area contributed by atoms with Gasteiger partial charge in [0.05, 0.1) is 6.20 Å². The summed E-state index contributed by atoms with van der Waals surface area (Å²) in [4.78, 5) is 23.1. The molecule has 0 aliphatic rings. The highest BCUT2D eigenvalue weighted by Crippen LogP contribution is 2.15. The van der Waals surface area contributed by atoms with Crippen LogP contribution in [0.5, 0.6) is 0 Å². The van der Waals surface area contributed by atoms with Crippen molar-refractivity contribution in [3.63, 3.8) is 0 Å². The van der Waals surface area contributed by atoms with Crippen LogP contribution in [0.15, 0.2) is 49.4 Å². The molecule has 1 amide bonds. The standard InChI is InChI=1S/C17H20N6O/c1-13(2)23(11-14-9-20-21(3)10-14)17(24)15-4-5-19-16(8-15)22-7-6-18-12-22/h4-10,12-13H,11H2,1-3H3. The van der Waals surface area contributed by atoms with Gasteiger partial charge in [-0.15, -0.1) is 0 Å². The maximum absolute atomic E-state index is 13.0. The zero-order valence-corrected chi connectivity index (χ0v) is 14.0. The minimum Gasteiger partial charge on any atom is -0.332 e. The summed E-state index contributed by atoms with van der Waals surface area (Å²) in [5, 5.41) is 4.17. The Hall–Kier alpha value is -2.96. The minimum absolute atomic E-state index is 0.0300. The Morgan fingerprint density at radius 2 is 2.17 bits per heavy atom. The van der Waals surface area contributed by atoms with E-state index < -0.39 is 0 Å². The van der Waals surface area contributed by atoms with Crippen LogP contribution in [0, 0.1) is 0 Å². The van der Waals surface area contributed by atoms with Crippen LogP contribution < -0.4 is 0 Å². The predicted molar refractivity (Wildman–Crippen MR) is 89.6 cm³/mol. The highest BCUT2D eigenvalue weighted by molar-refractivity contribution is 5.94. The third-order valence-corrected chi connectivity index (χ3v) is 3.76. The summed E-state index contributed by atoms with van der Waals surface area (Å²) in [6.45, 7) is 4.53. The number of hydrogen-bond donors (Lipinski definition) is 0. The smallest absolute Gasteiger partial charge is 0.254 e. The molecular formula is C17H20N6O. The van der Waals surface area contributed by atoms with Crippen LogP contribution in [-0.2, 0) is 13.6 Å². The molecular weight excluding hydrogens is 304 g/mol. The first kappa shape index (κ1) is 15.9. The van der Waals surface area contributed by atoms with Crippen molar-refractivity contribution in [3.8, 4) is 5.82 Å². The number of imidazole rings is 1. The van der Waals surface area contributed by atoms with E-state index >= 15 is 0 Å². The van der Waals surface area contributed by atoms with Crippen molar-refractivity contribution < 1.29 is 4.79 Å². The number of aryl methyl sites for hydroxylation is 1. The lowest BCUT2D eigenvalue weighted by Gasteiger charge is -2.26. The number of carbonyl (C=O) groups is 1. The van der Waals surface area contributed by atoms with Gasteiger partial charge in [0.1, 0.15) is 12.1 Å². The fourth-order valence-electron chi connectivity index (χ4n) is 2.49. The van der Waals surface area contributed by atoms with Gasteiger partial charge in [-0.2, -0.15) is 5.10 Å². The second-order valence-electron chi connectivity index (χ2n) is 5.92. The molecule has 3 rings (SSSR count). The van der Waals surface area contributed by atoms with E-state index in [0.717, 1.165) is 5.56 Å². The second kappa shape index (κ2) is 6.66. The predicted octanol–water partition coefficient (Wildman–Crippen LogP) is 2.05. The number of hydrogen-bond acceptors (Lipinski definition) is 4. The van der Waals surface area contributed by atoms with Gasteiger partial charge in [0, 0.05) is 55.5 Å². The largest absolute Gasteiger partial charge is 0.332 e. The first-order chi connectivity index (χ1) is 11.5. The second-order valence-corrected chi connectivity index (χ2v) is 5.92. The van der Waals surface area contributed by atoms with E-state index in [9.17, 15) is 4.79 Å². The lowest BCUT2D eigenvalue weighted by molar-refractivity contribution is 0.0690. The lowest BCUT2D eigenvalue weighted by Crippen LogP contribution is -2.36. The SMILES string of the molecule is CC(C)N(Cc1cnn(C)c1)C(=O)c1ccnc(-n2ccnc2)c1. The van der Waals surface area contributed by atoms with E-state index in [1.807, 2.05) is 32.0 Å². The zero-order chi connectivity index (χ0) is 17.1. The lowest BCUT2D eigenvalue weighted by atomic mass is 10.1. The van der Waals surface area contributed by atoms with Gasteiger partial charge in [-0.25, -0.2) is 9.97 Å². The molecule has 7 nitrogen and oxygen atoms in total. The molecule has 0 atom stereocenters. The quantitative estimate of drug-likeness (QED) is 0.720. The molecule has 24 heavy (non-hydrogen) atoms. The molecule has 3 aromatic heterocycles. The van der Waals surface area contributed by atoms with E-state index in [2.05, 4.69) is 15.1 Å². The summed E-state index contributed by atoms with van der Waals surface area (Å²) >= 11 is 0. The van der Waals surface area contributed by atoms with Gasteiger partial charge >= 0.3 is 0 Å². The van der Waals surface area contributed by atoms with Crippen molar-refractivity contribution in [3.05, 3.63) is 60.6 Å². The van der Waals surface area contributed by atoms with E-state index in [4.69, 9.17) is 0 Å². The molecule has 0 aliphatic heterocycles. The van der Waals surface area contributed by atoms with Crippen LogP contribution in [0.3, 0.4) is 0 Å². The fourth-order valence-corrected chi connectivity index (χ4v) is 2.49. The van der Waals surface area contributed by atoms with Crippen LogP contribution in [-0.4, -0.2) is 41.2 Å². The van der Waals surface area contributed by atoms with Crippen molar-refractivity contribution in [2.75, 3.05) is 0 Å². The Kier molecular flexibility index (Phi) is 4.41. The van der Waals surface area contributed by atoms with E-state index in [-0.39, 0.29) is 11.9 Å². The van der Waals surface area contributed by atoms with Crippen molar-refractivity contribution in [2.24, 2.45) is 7.05 Å². The summed E-state index contributed by atoms with van der Waals surface area (Å²) in [7, 11) is 1.87. The number of nitrogens with zero attached hydrogens (tertiary/aromatic N) is 6. The third kappa shape index (κ3) is 3.34. The Bertz CT molecular complexity index is 821. The fraction of sp³-hybridized carbons (Fsp3) is 0.294. The maximum Gasteiger partial charge on any atom is 0.254 e. The molecule has 0 saturated carbocycles. The molecule has 3 aromatic rings. The van der Waals surface area contributed by atoms with Gasteiger partial charge in [0.25, 0.3) is 5.91 Å². The zero-order valence-electron chi connectivity index (χ0n) is 14.0. The van der Waals surface area contributed by atoms with Crippen molar-refractivity contribution in [1.29, 1.82) is 0 Å². The first-order valence-corrected chi connectivity index (χ1v) is 7.77. The Morgan fingerprint density at radius 1 is 1.33 bits per heavy atom. The summed E-state index contributed by atoms with van der Waals surface area (Å²) in [5.41, 5.74) is 1.61. The van der Waals surface area contributed by atoms with Crippen LogP contribution in [0.2, 0.25) is 0 Å². The van der Waals surface area contributed by atoms with Crippen LogP contribution in [0.25, 0.3) is 5.82 Å². The van der Waals surface area contributed by atoms with Crippen LogP contribution in [0.4, 0.5) is 0 Å². The summed E-state index contributed by atoms with van der Waals surface area (Å²) < 4.78 is 3.51. The number of aromatic nitrogens is 5. The highest BCUT2D eigenvalue weighted by Gasteiger charge is 2.20. The molecule has 0 bridgehead atoms. The molecule has 7 heteroatoms. The molecule has 0 saturated heterocycles. The number of amides is 1. The monoisotopic (exact) mass is 324 g/mol. The molecule has 0 fully saturated rings. The highest BCUT2D eigenvalue weighted by atomic mass is 16.2. The number of carbonyl (C=O) groups excluding carboxylic acids is 1. The van der Waals surface area contributed by atoms with Gasteiger partial charge < -0.3 is 4.90 Å². The van der Waals surface area contributed by atoms with Gasteiger partial charge in [0.2, 0.25) is 0 Å². The summed E-state index contributed by atoms with van der Waals surface area (Å²) in [5.74, 6) is 0.640. The Balaban J connectivity index is 1.86. The third-order valence-electron chi connectivity index (χ3n) is 3.76.